The highest BCUT2D eigenvalue weighted by molar-refractivity contribution is 5.71. The average molecular weight is 1010 g/mol. The normalized spacial score (nSPS) is 12.9. The average Bonchev–Trinajstić information content (AvgIpc) is 3.39. The number of hydrogen-bond acceptors (Lipinski definition) is 6. The van der Waals surface area contributed by atoms with Crippen LogP contribution in [0.5, 0.6) is 0 Å². The minimum atomic E-state index is -0.783. The van der Waals surface area contributed by atoms with Gasteiger partial charge in [-0.2, -0.15) is 0 Å². The van der Waals surface area contributed by atoms with Crippen molar-refractivity contribution in [1.29, 1.82) is 0 Å². The van der Waals surface area contributed by atoms with E-state index < -0.39 is 6.10 Å². The molecular weight excluding hydrogens is 901 g/mol. The van der Waals surface area contributed by atoms with E-state index in [-0.39, 0.29) is 31.1 Å². The van der Waals surface area contributed by atoms with Gasteiger partial charge in [0.15, 0.2) is 6.10 Å². The van der Waals surface area contributed by atoms with Gasteiger partial charge in [-0.1, -0.05) is 259 Å². The second-order valence-electron chi connectivity index (χ2n) is 19.9. The van der Waals surface area contributed by atoms with E-state index in [1.807, 2.05) is 0 Å². The molecule has 0 bridgehead atoms. The number of rotatable bonds is 54. The van der Waals surface area contributed by atoms with Crippen molar-refractivity contribution in [2.45, 2.75) is 284 Å². The topological polar surface area (TPSA) is 78.9 Å². The molecule has 1 unspecified atom stereocenters. The van der Waals surface area contributed by atoms with E-state index >= 15 is 0 Å². The molecule has 6 heteroatoms. The lowest BCUT2D eigenvalue weighted by atomic mass is 10.1. The van der Waals surface area contributed by atoms with Gasteiger partial charge in [0.2, 0.25) is 0 Å². The Kier molecular flexibility index (Phi) is 57.4. The maximum Gasteiger partial charge on any atom is 0.306 e. The summed E-state index contributed by atoms with van der Waals surface area (Å²) in [5, 5.41) is 0. The van der Waals surface area contributed by atoms with Crippen LogP contribution in [0.3, 0.4) is 0 Å². The number of ether oxygens (including phenoxy) is 3. The van der Waals surface area contributed by atoms with Crippen molar-refractivity contribution in [2.24, 2.45) is 0 Å². The molecular formula is C67H112O6. The number of hydrogen-bond donors (Lipinski definition) is 0. The van der Waals surface area contributed by atoms with Crippen LogP contribution in [0.1, 0.15) is 278 Å². The molecule has 0 aliphatic carbocycles. The Morgan fingerprint density at radius 1 is 0.288 bits per heavy atom. The molecule has 0 radical (unpaired) electrons. The lowest BCUT2D eigenvalue weighted by Crippen LogP contribution is -2.30. The fraction of sp³-hybridized carbons (Fsp3) is 0.687. The summed E-state index contributed by atoms with van der Waals surface area (Å²) in [6.45, 7) is 6.45. The van der Waals surface area contributed by atoms with Crippen LogP contribution in [-0.2, 0) is 28.6 Å². The quantitative estimate of drug-likeness (QED) is 0.0261. The molecule has 6 nitrogen and oxygen atoms in total. The SMILES string of the molecule is CC/C=C\C/C=C\C/C=C\C/C=C\C/C=C\C/C=C\C/C=C\C/C=C\CCCCCCCCCCC(=O)OCC(COC(=O)CCCCCCCC)OC(=O)CCCCCCC/C=C\CCCCCCCCC. The first-order valence-electron chi connectivity index (χ1n) is 30.4. The molecule has 0 N–H and O–H groups in total. The Hall–Kier alpha value is -3.93. The molecule has 0 aromatic rings. The van der Waals surface area contributed by atoms with Crippen LogP contribution in [0.15, 0.2) is 109 Å². The second-order valence-corrected chi connectivity index (χ2v) is 19.9. The monoisotopic (exact) mass is 1010 g/mol. The number of unbranched alkanes of at least 4 members (excludes halogenated alkanes) is 25. The van der Waals surface area contributed by atoms with E-state index in [0.717, 1.165) is 128 Å². The second kappa shape index (κ2) is 60.6. The summed E-state index contributed by atoms with van der Waals surface area (Å²) < 4.78 is 16.7. The summed E-state index contributed by atoms with van der Waals surface area (Å²) in [6.07, 6.45) is 82.6. The van der Waals surface area contributed by atoms with Gasteiger partial charge in [0.1, 0.15) is 13.2 Å². The van der Waals surface area contributed by atoms with Crippen LogP contribution in [-0.4, -0.2) is 37.2 Å². The van der Waals surface area contributed by atoms with Gasteiger partial charge in [-0.3, -0.25) is 14.4 Å². The lowest BCUT2D eigenvalue weighted by Gasteiger charge is -2.18. The Morgan fingerprint density at radius 2 is 0.534 bits per heavy atom. The Morgan fingerprint density at radius 3 is 0.849 bits per heavy atom. The van der Waals surface area contributed by atoms with E-state index in [1.54, 1.807) is 0 Å². The lowest BCUT2D eigenvalue weighted by molar-refractivity contribution is -0.167. The summed E-state index contributed by atoms with van der Waals surface area (Å²) in [5.41, 5.74) is 0. The highest BCUT2D eigenvalue weighted by Gasteiger charge is 2.19. The summed E-state index contributed by atoms with van der Waals surface area (Å²) in [7, 11) is 0. The zero-order chi connectivity index (χ0) is 52.9. The van der Waals surface area contributed by atoms with Crippen molar-refractivity contribution in [3.05, 3.63) is 109 Å². The Labute approximate surface area is 450 Å². The smallest absolute Gasteiger partial charge is 0.306 e. The van der Waals surface area contributed by atoms with Crippen LogP contribution in [0.4, 0.5) is 0 Å². The van der Waals surface area contributed by atoms with Crippen LogP contribution in [0.2, 0.25) is 0 Å². The molecule has 1 atom stereocenters. The number of esters is 3. The first-order valence-corrected chi connectivity index (χ1v) is 30.4. The summed E-state index contributed by atoms with van der Waals surface area (Å²) in [4.78, 5) is 37.9. The van der Waals surface area contributed by atoms with Crippen molar-refractivity contribution in [1.82, 2.24) is 0 Å². The fourth-order valence-electron chi connectivity index (χ4n) is 8.22. The minimum absolute atomic E-state index is 0.0832. The van der Waals surface area contributed by atoms with Crippen molar-refractivity contribution >= 4 is 17.9 Å². The van der Waals surface area contributed by atoms with Gasteiger partial charge >= 0.3 is 17.9 Å². The molecule has 0 saturated heterocycles. The molecule has 0 aromatic heterocycles. The van der Waals surface area contributed by atoms with Gasteiger partial charge in [0.25, 0.3) is 0 Å². The molecule has 0 spiro atoms. The third-order valence-corrected chi connectivity index (χ3v) is 12.8. The first-order chi connectivity index (χ1) is 36.0. The minimum Gasteiger partial charge on any atom is -0.462 e. The van der Waals surface area contributed by atoms with Crippen molar-refractivity contribution in [3.63, 3.8) is 0 Å². The number of allylic oxidation sites excluding steroid dienone is 18. The molecule has 0 aliphatic rings. The fourth-order valence-corrected chi connectivity index (χ4v) is 8.22. The van der Waals surface area contributed by atoms with Gasteiger partial charge in [0.05, 0.1) is 0 Å². The van der Waals surface area contributed by atoms with E-state index in [9.17, 15) is 14.4 Å². The number of carbonyl (C=O) groups is 3. The molecule has 0 amide bonds. The van der Waals surface area contributed by atoms with Gasteiger partial charge in [-0.05, 0) is 109 Å². The molecule has 0 fully saturated rings. The summed E-state index contributed by atoms with van der Waals surface area (Å²) in [5.74, 6) is -0.908. The number of carbonyl (C=O) groups excluding carboxylic acids is 3. The van der Waals surface area contributed by atoms with Crippen molar-refractivity contribution in [3.8, 4) is 0 Å². The van der Waals surface area contributed by atoms with Gasteiger partial charge in [-0.25, -0.2) is 0 Å². The zero-order valence-corrected chi connectivity index (χ0v) is 47.6. The van der Waals surface area contributed by atoms with E-state index in [1.165, 1.54) is 109 Å². The highest BCUT2D eigenvalue weighted by atomic mass is 16.6. The van der Waals surface area contributed by atoms with Crippen LogP contribution in [0.25, 0.3) is 0 Å². The molecule has 0 saturated carbocycles. The van der Waals surface area contributed by atoms with Gasteiger partial charge in [0, 0.05) is 19.3 Å². The first kappa shape index (κ1) is 69.1. The third-order valence-electron chi connectivity index (χ3n) is 12.8. The molecule has 0 aromatic carbocycles. The van der Waals surface area contributed by atoms with E-state index in [4.69, 9.17) is 14.2 Å². The zero-order valence-electron chi connectivity index (χ0n) is 47.6. The van der Waals surface area contributed by atoms with E-state index in [0.29, 0.717) is 19.3 Å². The van der Waals surface area contributed by atoms with Crippen LogP contribution < -0.4 is 0 Å². The largest absolute Gasteiger partial charge is 0.462 e. The molecule has 73 heavy (non-hydrogen) atoms. The van der Waals surface area contributed by atoms with E-state index in [2.05, 4.69) is 130 Å². The molecule has 0 aliphatic heterocycles. The maximum absolute atomic E-state index is 12.8. The third kappa shape index (κ3) is 58.8. The standard InChI is InChI=1S/C67H112O6/c1-4-7-10-13-16-18-20-22-24-26-27-28-29-30-31-32-33-34-35-36-37-38-39-40-41-42-44-45-47-49-51-54-57-60-66(69)72-63-64(62-71-65(68)59-56-53-15-12-9-6-3)73-67(70)61-58-55-52-50-48-46-43-25-23-21-19-17-14-11-8-5-2/h7,10,16,18,22,24-25,27-28,30-31,33-34,36-37,39-40,43,64H,4-6,8-9,11-15,17,19-21,23,26,29,32,35,38,41-42,44-63H2,1-3H3/b10-7-,18-16-,24-22-,28-27-,31-30-,34-33-,37-36-,40-39-,43-25-. The van der Waals surface area contributed by atoms with Gasteiger partial charge < -0.3 is 14.2 Å². The molecule has 0 heterocycles. The van der Waals surface area contributed by atoms with Gasteiger partial charge in [-0.15, -0.1) is 0 Å². The highest BCUT2D eigenvalue weighted by Crippen LogP contribution is 2.15. The van der Waals surface area contributed by atoms with Crippen molar-refractivity contribution in [2.75, 3.05) is 13.2 Å². The summed E-state index contributed by atoms with van der Waals surface area (Å²) >= 11 is 0. The molecule has 0 rings (SSSR count). The molecule has 416 valence electrons. The predicted octanol–water partition coefficient (Wildman–Crippen LogP) is 20.7. The Bertz CT molecular complexity index is 1490. The predicted molar refractivity (Wildman–Crippen MR) is 316 cm³/mol. The van der Waals surface area contributed by atoms with Crippen LogP contribution in [0, 0.1) is 0 Å². The Balaban J connectivity index is 4.11. The summed E-state index contributed by atoms with van der Waals surface area (Å²) in [6, 6.07) is 0. The van der Waals surface area contributed by atoms with Crippen molar-refractivity contribution < 1.29 is 28.6 Å². The maximum atomic E-state index is 12.8. The van der Waals surface area contributed by atoms with Crippen LogP contribution >= 0.6 is 0 Å².